The number of ether oxygens (including phenoxy) is 1. The van der Waals surface area contributed by atoms with Crippen LogP contribution < -0.4 is 15.9 Å². The van der Waals surface area contributed by atoms with E-state index in [-0.39, 0.29) is 12.3 Å². The van der Waals surface area contributed by atoms with Crippen molar-refractivity contribution in [2.24, 2.45) is 5.10 Å². The van der Waals surface area contributed by atoms with E-state index in [4.69, 9.17) is 33.7 Å². The lowest BCUT2D eigenvalue weighted by Crippen LogP contribution is -2.19. The summed E-state index contributed by atoms with van der Waals surface area (Å²) in [6.45, 7) is 0.377. The number of nitrogens with one attached hydrogen (secondary N) is 1. The number of nitrogens with two attached hydrogens (primary N) is 1. The molecule has 0 bridgehead atoms. The first-order chi connectivity index (χ1) is 13.5. The molecule has 0 saturated heterocycles. The number of benzene rings is 2. The zero-order chi connectivity index (χ0) is 19.9. The minimum Gasteiger partial charge on any atom is -0.489 e. The highest BCUT2D eigenvalue weighted by Crippen LogP contribution is 2.23. The van der Waals surface area contributed by atoms with Crippen molar-refractivity contribution in [2.75, 3.05) is 5.73 Å². The van der Waals surface area contributed by atoms with Crippen molar-refractivity contribution in [2.45, 2.75) is 13.0 Å². The van der Waals surface area contributed by atoms with Crippen LogP contribution in [0.2, 0.25) is 10.0 Å². The Morgan fingerprint density at radius 1 is 1.21 bits per heavy atom. The molecule has 0 saturated carbocycles. The molecule has 0 fully saturated rings. The lowest BCUT2D eigenvalue weighted by Gasteiger charge is -2.07. The lowest BCUT2D eigenvalue weighted by atomic mass is 10.2. The van der Waals surface area contributed by atoms with Gasteiger partial charge in [-0.15, -0.1) is 11.3 Å². The summed E-state index contributed by atoms with van der Waals surface area (Å²) < 4.78 is 5.72. The number of aromatic nitrogens is 1. The second kappa shape index (κ2) is 9.54. The van der Waals surface area contributed by atoms with Gasteiger partial charge in [-0.3, -0.25) is 4.79 Å². The number of hydrogen-bond acceptors (Lipinski definition) is 6. The van der Waals surface area contributed by atoms with Gasteiger partial charge in [-0.2, -0.15) is 5.10 Å². The molecule has 0 aliphatic heterocycles. The number of hydrogen-bond donors (Lipinski definition) is 2. The van der Waals surface area contributed by atoms with E-state index in [0.717, 1.165) is 11.1 Å². The SMILES string of the molecule is Nc1nc(CC(=O)N/N=C/c2ccc(OCc3ccc(Cl)c(Cl)c3)cc2)cs1. The molecule has 2 aromatic carbocycles. The average molecular weight is 435 g/mol. The molecule has 3 rings (SSSR count). The van der Waals surface area contributed by atoms with Gasteiger partial charge in [0.05, 0.1) is 28.4 Å². The molecule has 9 heteroatoms. The van der Waals surface area contributed by atoms with Crippen LogP contribution in [-0.4, -0.2) is 17.1 Å². The molecule has 0 spiro atoms. The number of amides is 1. The smallest absolute Gasteiger partial charge is 0.246 e. The summed E-state index contributed by atoms with van der Waals surface area (Å²) in [6, 6.07) is 12.7. The first-order valence-electron chi connectivity index (χ1n) is 8.18. The number of carbonyl (C=O) groups excluding carboxylic acids is 1. The summed E-state index contributed by atoms with van der Waals surface area (Å²) >= 11 is 13.2. The van der Waals surface area contributed by atoms with Gasteiger partial charge in [-0.05, 0) is 47.5 Å². The normalized spacial score (nSPS) is 10.9. The molecule has 3 N–H and O–H groups in total. The fourth-order valence-electron chi connectivity index (χ4n) is 2.23. The number of rotatable bonds is 7. The van der Waals surface area contributed by atoms with Crippen molar-refractivity contribution in [1.29, 1.82) is 0 Å². The van der Waals surface area contributed by atoms with Crippen LogP contribution in [0, 0.1) is 0 Å². The first kappa shape index (κ1) is 20.1. The number of hydrazone groups is 1. The number of thiazole rings is 1. The summed E-state index contributed by atoms with van der Waals surface area (Å²) in [6.07, 6.45) is 1.68. The van der Waals surface area contributed by atoms with E-state index in [1.165, 1.54) is 11.3 Å². The van der Waals surface area contributed by atoms with Gasteiger partial charge in [-0.25, -0.2) is 10.4 Å². The van der Waals surface area contributed by atoms with E-state index in [1.54, 1.807) is 23.7 Å². The Bertz CT molecular complexity index is 990. The van der Waals surface area contributed by atoms with Gasteiger partial charge >= 0.3 is 0 Å². The van der Waals surface area contributed by atoms with Crippen molar-refractivity contribution < 1.29 is 9.53 Å². The Hall–Kier alpha value is -2.61. The van der Waals surface area contributed by atoms with Crippen molar-refractivity contribution >= 4 is 51.8 Å². The Labute approximate surface area is 176 Å². The zero-order valence-electron chi connectivity index (χ0n) is 14.6. The number of halogens is 2. The molecule has 28 heavy (non-hydrogen) atoms. The Kier molecular flexibility index (Phi) is 6.86. The monoisotopic (exact) mass is 434 g/mol. The third-order valence-corrected chi connectivity index (χ3v) is 5.05. The molecule has 1 heterocycles. The van der Waals surface area contributed by atoms with Gasteiger partial charge < -0.3 is 10.5 Å². The predicted molar refractivity (Wildman–Crippen MR) is 113 cm³/mol. The summed E-state index contributed by atoms with van der Waals surface area (Å²) in [5.41, 5.74) is 10.4. The van der Waals surface area contributed by atoms with Crippen molar-refractivity contribution in [3.8, 4) is 5.75 Å². The maximum atomic E-state index is 11.8. The fraction of sp³-hybridized carbons (Fsp3) is 0.105. The Morgan fingerprint density at radius 3 is 2.68 bits per heavy atom. The number of nitrogens with zero attached hydrogens (tertiary/aromatic N) is 2. The summed E-state index contributed by atoms with van der Waals surface area (Å²) in [4.78, 5) is 15.8. The van der Waals surface area contributed by atoms with Crippen LogP contribution in [0.3, 0.4) is 0 Å². The second-order valence-electron chi connectivity index (χ2n) is 5.75. The van der Waals surface area contributed by atoms with E-state index in [2.05, 4.69) is 15.5 Å². The minimum absolute atomic E-state index is 0.131. The maximum Gasteiger partial charge on any atom is 0.246 e. The fourth-order valence-corrected chi connectivity index (χ4v) is 3.12. The van der Waals surface area contributed by atoms with E-state index in [9.17, 15) is 4.79 Å². The molecule has 1 aromatic heterocycles. The topological polar surface area (TPSA) is 89.6 Å². The molecule has 0 unspecified atom stereocenters. The highest BCUT2D eigenvalue weighted by Gasteiger charge is 2.05. The molecule has 1 amide bonds. The van der Waals surface area contributed by atoms with E-state index in [0.29, 0.717) is 33.2 Å². The molecule has 144 valence electrons. The molecular formula is C19H16Cl2N4O2S. The van der Waals surface area contributed by atoms with E-state index >= 15 is 0 Å². The standard InChI is InChI=1S/C19H16Cl2N4O2S/c20-16-6-3-13(7-17(16)21)10-27-15-4-1-12(2-5-15)9-23-25-18(26)8-14-11-28-19(22)24-14/h1-7,9,11H,8,10H2,(H2,22,24)(H,25,26)/b23-9+. The molecule has 6 nitrogen and oxygen atoms in total. The number of nitrogen functional groups attached to an aromatic ring is 1. The molecule has 0 radical (unpaired) electrons. The van der Waals surface area contributed by atoms with E-state index < -0.39 is 0 Å². The summed E-state index contributed by atoms with van der Waals surface area (Å²) in [5.74, 6) is 0.441. The summed E-state index contributed by atoms with van der Waals surface area (Å²) in [7, 11) is 0. The van der Waals surface area contributed by atoms with Crippen LogP contribution >= 0.6 is 34.5 Å². The maximum absolute atomic E-state index is 11.8. The van der Waals surface area contributed by atoms with Crippen LogP contribution in [0.4, 0.5) is 5.13 Å². The zero-order valence-corrected chi connectivity index (χ0v) is 16.9. The largest absolute Gasteiger partial charge is 0.489 e. The third kappa shape index (κ3) is 5.95. The van der Waals surface area contributed by atoms with Crippen molar-refractivity contribution in [3.05, 3.63) is 74.7 Å². The second-order valence-corrected chi connectivity index (χ2v) is 7.46. The third-order valence-electron chi connectivity index (χ3n) is 3.58. The van der Waals surface area contributed by atoms with Crippen LogP contribution in [0.15, 0.2) is 52.9 Å². The molecule has 3 aromatic rings. The van der Waals surface area contributed by atoms with Crippen LogP contribution in [0.25, 0.3) is 0 Å². The van der Waals surface area contributed by atoms with Crippen LogP contribution in [0.1, 0.15) is 16.8 Å². The van der Waals surface area contributed by atoms with Crippen molar-refractivity contribution in [1.82, 2.24) is 10.4 Å². The molecule has 0 aliphatic rings. The van der Waals surface area contributed by atoms with Gasteiger partial charge in [-0.1, -0.05) is 29.3 Å². The van der Waals surface area contributed by atoms with Gasteiger partial charge in [0.25, 0.3) is 0 Å². The highest BCUT2D eigenvalue weighted by molar-refractivity contribution is 7.13. The number of carbonyl (C=O) groups is 1. The Balaban J connectivity index is 1.47. The van der Waals surface area contributed by atoms with Crippen LogP contribution in [-0.2, 0) is 17.8 Å². The average Bonchev–Trinajstić information content (AvgIpc) is 3.08. The van der Waals surface area contributed by atoms with Crippen LogP contribution in [0.5, 0.6) is 5.75 Å². The first-order valence-corrected chi connectivity index (χ1v) is 9.82. The molecule has 0 aliphatic carbocycles. The highest BCUT2D eigenvalue weighted by atomic mass is 35.5. The number of anilines is 1. The lowest BCUT2D eigenvalue weighted by molar-refractivity contribution is -0.120. The molecular weight excluding hydrogens is 419 g/mol. The minimum atomic E-state index is -0.261. The van der Waals surface area contributed by atoms with Gasteiger partial charge in [0.1, 0.15) is 12.4 Å². The van der Waals surface area contributed by atoms with Gasteiger partial charge in [0.2, 0.25) is 5.91 Å². The summed E-state index contributed by atoms with van der Waals surface area (Å²) in [5, 5.41) is 7.13. The Morgan fingerprint density at radius 2 is 2.00 bits per heavy atom. The van der Waals surface area contributed by atoms with Gasteiger partial charge in [0, 0.05) is 5.38 Å². The molecule has 0 atom stereocenters. The van der Waals surface area contributed by atoms with Crippen molar-refractivity contribution in [3.63, 3.8) is 0 Å². The predicted octanol–water partition coefficient (Wildman–Crippen LogP) is 4.30. The van der Waals surface area contributed by atoms with Gasteiger partial charge in [0.15, 0.2) is 5.13 Å². The quantitative estimate of drug-likeness (QED) is 0.428. The van der Waals surface area contributed by atoms with E-state index in [1.807, 2.05) is 30.3 Å².